The SMILES string of the molecule is CN(CCc1cn(C)c2ccccc12)C(N)=O. The van der Waals surface area contributed by atoms with Crippen molar-refractivity contribution in [2.45, 2.75) is 6.42 Å². The smallest absolute Gasteiger partial charge is 0.314 e. The number of carbonyl (C=O) groups excluding carboxylic acids is 1. The van der Waals surface area contributed by atoms with Crippen molar-refractivity contribution in [1.29, 1.82) is 0 Å². The number of aromatic nitrogens is 1. The summed E-state index contributed by atoms with van der Waals surface area (Å²) in [6.45, 7) is 0.642. The molecule has 0 unspecified atom stereocenters. The number of nitrogens with zero attached hydrogens (tertiary/aromatic N) is 2. The van der Waals surface area contributed by atoms with E-state index in [1.165, 1.54) is 21.4 Å². The predicted molar refractivity (Wildman–Crippen MR) is 68.8 cm³/mol. The molecule has 0 fully saturated rings. The van der Waals surface area contributed by atoms with E-state index in [0.29, 0.717) is 6.54 Å². The number of amides is 2. The van der Waals surface area contributed by atoms with Crippen LogP contribution >= 0.6 is 0 Å². The minimum Gasteiger partial charge on any atom is -0.351 e. The van der Waals surface area contributed by atoms with Gasteiger partial charge in [0.1, 0.15) is 0 Å². The Bertz CT molecular complexity index is 545. The molecule has 0 aliphatic rings. The van der Waals surface area contributed by atoms with Crippen molar-refractivity contribution in [3.63, 3.8) is 0 Å². The fourth-order valence-electron chi connectivity index (χ4n) is 2.02. The van der Waals surface area contributed by atoms with E-state index in [4.69, 9.17) is 5.73 Å². The van der Waals surface area contributed by atoms with Gasteiger partial charge in [0.2, 0.25) is 0 Å². The number of likely N-dealkylation sites (N-methyl/N-ethyl adjacent to an activating group) is 1. The first-order valence-corrected chi connectivity index (χ1v) is 5.63. The number of fused-ring (bicyclic) bond motifs is 1. The van der Waals surface area contributed by atoms with Crippen LogP contribution in [0.25, 0.3) is 10.9 Å². The van der Waals surface area contributed by atoms with Crippen molar-refractivity contribution in [1.82, 2.24) is 9.47 Å². The topological polar surface area (TPSA) is 51.3 Å². The highest BCUT2D eigenvalue weighted by Gasteiger charge is 2.08. The molecule has 2 rings (SSSR count). The Kier molecular flexibility index (Phi) is 3.04. The summed E-state index contributed by atoms with van der Waals surface area (Å²) in [5, 5.41) is 1.24. The highest BCUT2D eigenvalue weighted by Crippen LogP contribution is 2.20. The Morgan fingerprint density at radius 2 is 2.12 bits per heavy atom. The van der Waals surface area contributed by atoms with E-state index in [0.717, 1.165) is 6.42 Å². The molecule has 0 aliphatic carbocycles. The highest BCUT2D eigenvalue weighted by atomic mass is 16.2. The molecule has 1 aromatic heterocycles. The second kappa shape index (κ2) is 4.49. The van der Waals surface area contributed by atoms with Crippen molar-refractivity contribution in [3.05, 3.63) is 36.0 Å². The van der Waals surface area contributed by atoms with E-state index in [1.54, 1.807) is 7.05 Å². The van der Waals surface area contributed by atoms with Crippen molar-refractivity contribution < 1.29 is 4.79 Å². The van der Waals surface area contributed by atoms with Gasteiger partial charge < -0.3 is 15.2 Å². The molecule has 0 bridgehead atoms. The number of para-hydroxylation sites is 1. The van der Waals surface area contributed by atoms with Crippen LogP contribution in [0.2, 0.25) is 0 Å². The fourth-order valence-corrected chi connectivity index (χ4v) is 2.02. The number of hydrogen-bond donors (Lipinski definition) is 1. The molecule has 2 aromatic rings. The normalized spacial score (nSPS) is 10.7. The zero-order chi connectivity index (χ0) is 12.4. The van der Waals surface area contributed by atoms with Gasteiger partial charge >= 0.3 is 6.03 Å². The van der Waals surface area contributed by atoms with Gasteiger partial charge in [-0.1, -0.05) is 18.2 Å². The van der Waals surface area contributed by atoms with Crippen molar-refractivity contribution in [2.75, 3.05) is 13.6 Å². The Morgan fingerprint density at radius 1 is 1.41 bits per heavy atom. The molecule has 2 amide bonds. The third-order valence-corrected chi connectivity index (χ3v) is 3.07. The lowest BCUT2D eigenvalue weighted by Gasteiger charge is -2.13. The first kappa shape index (κ1) is 11.5. The van der Waals surface area contributed by atoms with Gasteiger partial charge in [0.25, 0.3) is 0 Å². The number of hydrogen-bond acceptors (Lipinski definition) is 1. The lowest BCUT2D eigenvalue weighted by atomic mass is 10.1. The van der Waals surface area contributed by atoms with E-state index < -0.39 is 0 Å². The minimum atomic E-state index is -0.384. The Hall–Kier alpha value is -1.97. The monoisotopic (exact) mass is 231 g/mol. The molecule has 4 nitrogen and oxygen atoms in total. The molecule has 2 N–H and O–H groups in total. The molecule has 0 radical (unpaired) electrons. The lowest BCUT2D eigenvalue weighted by molar-refractivity contribution is 0.219. The molecule has 90 valence electrons. The standard InChI is InChI=1S/C13H17N3O/c1-15(13(14)17)8-7-10-9-16(2)12-6-4-3-5-11(10)12/h3-6,9H,7-8H2,1-2H3,(H2,14,17). The van der Waals surface area contributed by atoms with Gasteiger partial charge in [-0.2, -0.15) is 0 Å². The summed E-state index contributed by atoms with van der Waals surface area (Å²) >= 11 is 0. The molecule has 0 saturated heterocycles. The number of rotatable bonds is 3. The summed E-state index contributed by atoms with van der Waals surface area (Å²) in [6.07, 6.45) is 2.93. The quantitative estimate of drug-likeness (QED) is 0.859. The Morgan fingerprint density at radius 3 is 2.82 bits per heavy atom. The van der Waals surface area contributed by atoms with Crippen LogP contribution in [-0.2, 0) is 13.5 Å². The first-order chi connectivity index (χ1) is 8.09. The molecular formula is C13H17N3O. The maximum Gasteiger partial charge on any atom is 0.314 e. The van der Waals surface area contributed by atoms with Crippen LogP contribution in [0.5, 0.6) is 0 Å². The second-order valence-corrected chi connectivity index (χ2v) is 4.29. The maximum absolute atomic E-state index is 10.9. The van der Waals surface area contributed by atoms with Crippen LogP contribution in [0.4, 0.5) is 4.79 Å². The molecular weight excluding hydrogens is 214 g/mol. The summed E-state index contributed by atoms with van der Waals surface area (Å²) in [5.41, 5.74) is 7.66. The van der Waals surface area contributed by atoms with Crippen LogP contribution in [0.3, 0.4) is 0 Å². The van der Waals surface area contributed by atoms with Crippen LogP contribution < -0.4 is 5.73 Å². The summed E-state index contributed by atoms with van der Waals surface area (Å²) in [5.74, 6) is 0. The van der Waals surface area contributed by atoms with Gasteiger partial charge in [0.05, 0.1) is 0 Å². The van der Waals surface area contributed by atoms with Gasteiger partial charge in [-0.05, 0) is 18.1 Å². The summed E-state index contributed by atoms with van der Waals surface area (Å²) < 4.78 is 2.11. The number of primary amides is 1. The lowest BCUT2D eigenvalue weighted by Crippen LogP contribution is -2.33. The van der Waals surface area contributed by atoms with E-state index in [9.17, 15) is 4.79 Å². The van der Waals surface area contributed by atoms with Crippen molar-refractivity contribution in [2.24, 2.45) is 12.8 Å². The highest BCUT2D eigenvalue weighted by molar-refractivity contribution is 5.84. The summed E-state index contributed by atoms with van der Waals surface area (Å²) in [6, 6.07) is 7.88. The first-order valence-electron chi connectivity index (χ1n) is 5.63. The average molecular weight is 231 g/mol. The Balaban J connectivity index is 2.22. The Labute approximate surface area is 101 Å². The van der Waals surface area contributed by atoms with Gasteiger partial charge in [-0.25, -0.2) is 4.79 Å². The zero-order valence-electron chi connectivity index (χ0n) is 10.2. The zero-order valence-corrected chi connectivity index (χ0v) is 10.2. The van der Waals surface area contributed by atoms with E-state index >= 15 is 0 Å². The maximum atomic E-state index is 10.9. The molecule has 0 spiro atoms. The van der Waals surface area contributed by atoms with E-state index in [2.05, 4.69) is 22.9 Å². The molecule has 4 heteroatoms. The number of nitrogens with two attached hydrogens (primary N) is 1. The second-order valence-electron chi connectivity index (χ2n) is 4.29. The number of urea groups is 1. The molecule has 0 atom stereocenters. The molecule has 1 aromatic carbocycles. The number of aryl methyl sites for hydroxylation is 1. The molecule has 0 aliphatic heterocycles. The van der Waals surface area contributed by atoms with Crippen molar-refractivity contribution >= 4 is 16.9 Å². The van der Waals surface area contributed by atoms with E-state index in [-0.39, 0.29) is 6.03 Å². The van der Waals surface area contributed by atoms with E-state index in [1.807, 2.05) is 19.2 Å². The van der Waals surface area contributed by atoms with Gasteiger partial charge in [0, 0.05) is 37.7 Å². The minimum absolute atomic E-state index is 0.384. The molecule has 1 heterocycles. The summed E-state index contributed by atoms with van der Waals surface area (Å²) in [4.78, 5) is 12.5. The third-order valence-electron chi connectivity index (χ3n) is 3.07. The van der Waals surface area contributed by atoms with Crippen LogP contribution in [0.15, 0.2) is 30.5 Å². The van der Waals surface area contributed by atoms with Crippen LogP contribution in [-0.4, -0.2) is 29.1 Å². The summed E-state index contributed by atoms with van der Waals surface area (Å²) in [7, 11) is 3.75. The average Bonchev–Trinajstić information content (AvgIpc) is 2.64. The van der Waals surface area contributed by atoms with Gasteiger partial charge in [-0.3, -0.25) is 0 Å². The predicted octanol–water partition coefficient (Wildman–Crippen LogP) is 1.73. The van der Waals surface area contributed by atoms with Gasteiger partial charge in [-0.15, -0.1) is 0 Å². The molecule has 0 saturated carbocycles. The van der Waals surface area contributed by atoms with Crippen LogP contribution in [0, 0.1) is 0 Å². The fraction of sp³-hybridized carbons (Fsp3) is 0.308. The van der Waals surface area contributed by atoms with Crippen molar-refractivity contribution in [3.8, 4) is 0 Å². The van der Waals surface area contributed by atoms with Crippen LogP contribution in [0.1, 0.15) is 5.56 Å². The molecule has 17 heavy (non-hydrogen) atoms. The number of benzene rings is 1. The largest absolute Gasteiger partial charge is 0.351 e. The third kappa shape index (κ3) is 2.25. The number of carbonyl (C=O) groups is 1. The van der Waals surface area contributed by atoms with Gasteiger partial charge in [0.15, 0.2) is 0 Å².